The lowest BCUT2D eigenvalue weighted by atomic mass is 10.1. The number of sulfonamides is 1. The minimum Gasteiger partial charge on any atom is -0.497 e. The van der Waals surface area contributed by atoms with E-state index in [9.17, 15) is 18.0 Å². The molecule has 0 aliphatic heterocycles. The normalized spacial score (nSPS) is 11.8. The molecule has 0 saturated carbocycles. The lowest BCUT2D eigenvalue weighted by Gasteiger charge is -2.25. The van der Waals surface area contributed by atoms with E-state index >= 15 is 0 Å². The number of carbonyl (C=O) groups is 2. The summed E-state index contributed by atoms with van der Waals surface area (Å²) < 4.78 is 44.3. The van der Waals surface area contributed by atoms with E-state index < -0.39 is 22.5 Å². The van der Waals surface area contributed by atoms with Crippen LogP contribution in [0.1, 0.15) is 24.1 Å². The fourth-order valence-electron chi connectivity index (χ4n) is 4.26. The second-order valence-electron chi connectivity index (χ2n) is 9.71. The number of anilines is 1. The van der Waals surface area contributed by atoms with E-state index in [4.69, 9.17) is 14.2 Å². The molecule has 0 saturated heterocycles. The van der Waals surface area contributed by atoms with Gasteiger partial charge in [0.1, 0.15) is 23.8 Å². The lowest BCUT2D eigenvalue weighted by molar-refractivity contribution is -0.123. The summed E-state index contributed by atoms with van der Waals surface area (Å²) in [6.07, 6.45) is 1.40. The van der Waals surface area contributed by atoms with Crippen molar-refractivity contribution in [3.05, 3.63) is 114 Å². The first-order chi connectivity index (χ1) is 21.7. The highest BCUT2D eigenvalue weighted by Crippen LogP contribution is 2.32. The molecule has 0 aliphatic carbocycles. The number of carbonyl (C=O) groups excluding carboxylic acids is 2. The summed E-state index contributed by atoms with van der Waals surface area (Å²) in [6.45, 7) is 1.18. The van der Waals surface area contributed by atoms with Gasteiger partial charge in [0.15, 0.2) is 6.61 Å². The summed E-state index contributed by atoms with van der Waals surface area (Å²) in [5.41, 5.74) is 4.19. The van der Waals surface area contributed by atoms with Crippen molar-refractivity contribution in [2.45, 2.75) is 17.9 Å². The van der Waals surface area contributed by atoms with Gasteiger partial charge in [-0.1, -0.05) is 42.5 Å². The molecule has 2 amide bonds. The Labute approximate surface area is 262 Å². The quantitative estimate of drug-likeness (QED) is 0.157. The maximum Gasteiger partial charge on any atom is 0.264 e. The van der Waals surface area contributed by atoms with Gasteiger partial charge in [-0.25, -0.2) is 13.8 Å². The molecule has 0 unspecified atom stereocenters. The first kappa shape index (κ1) is 32.6. The molecule has 0 bridgehead atoms. The topological polar surface area (TPSA) is 136 Å². The van der Waals surface area contributed by atoms with Crippen molar-refractivity contribution in [3.63, 3.8) is 0 Å². The van der Waals surface area contributed by atoms with Crippen molar-refractivity contribution >= 4 is 33.7 Å². The SMILES string of the molecule is COc1ccc(S(=O)(=O)N(CC(=O)N/N=C\c2ccc(OCC(=O)N[C@@H](C)c3ccccc3)cc2)c2ccccc2OC)cc1. The first-order valence-corrected chi connectivity index (χ1v) is 15.3. The van der Waals surface area contributed by atoms with Crippen LogP contribution in [0.2, 0.25) is 0 Å². The standard InChI is InChI=1S/C33H34N4O7S/c1-24(26-9-5-4-6-10-26)35-33(39)23-44-28-15-13-25(14-16-28)21-34-36-32(38)22-37(30-11-7-8-12-31(30)43-3)45(40,41)29-19-17-27(42-2)18-20-29/h4-21,24H,22-23H2,1-3H3,(H,35,39)(H,36,38)/b34-21-/t24-/m0/s1. The smallest absolute Gasteiger partial charge is 0.264 e. The molecule has 0 aliphatic rings. The van der Waals surface area contributed by atoms with E-state index in [2.05, 4.69) is 15.8 Å². The summed E-state index contributed by atoms with van der Waals surface area (Å²) >= 11 is 0. The van der Waals surface area contributed by atoms with Gasteiger partial charge in [-0.15, -0.1) is 0 Å². The van der Waals surface area contributed by atoms with E-state index in [1.807, 2.05) is 37.3 Å². The minimum absolute atomic E-state index is 0.0315. The summed E-state index contributed by atoms with van der Waals surface area (Å²) in [6, 6.07) is 28.5. The van der Waals surface area contributed by atoms with Crippen molar-refractivity contribution < 1.29 is 32.2 Å². The number of rotatable bonds is 14. The van der Waals surface area contributed by atoms with Crippen LogP contribution >= 0.6 is 0 Å². The average Bonchev–Trinajstić information content (AvgIpc) is 3.07. The Kier molecular flexibility index (Phi) is 11.1. The van der Waals surface area contributed by atoms with Crippen LogP contribution < -0.4 is 29.3 Å². The van der Waals surface area contributed by atoms with E-state index in [0.717, 1.165) is 9.87 Å². The van der Waals surface area contributed by atoms with Gasteiger partial charge >= 0.3 is 0 Å². The molecule has 0 heterocycles. The molecule has 0 fully saturated rings. The first-order valence-electron chi connectivity index (χ1n) is 13.9. The van der Waals surface area contributed by atoms with Crippen molar-refractivity contribution in [2.75, 3.05) is 31.7 Å². The van der Waals surface area contributed by atoms with Crippen LogP contribution in [0.4, 0.5) is 5.69 Å². The zero-order valence-corrected chi connectivity index (χ0v) is 25.9. The van der Waals surface area contributed by atoms with Gasteiger partial charge in [-0.3, -0.25) is 13.9 Å². The molecule has 45 heavy (non-hydrogen) atoms. The van der Waals surface area contributed by atoms with Crippen LogP contribution in [0.15, 0.2) is 113 Å². The zero-order valence-electron chi connectivity index (χ0n) is 25.0. The summed E-state index contributed by atoms with van der Waals surface area (Å²) in [5, 5.41) is 6.87. The second-order valence-corrected chi connectivity index (χ2v) is 11.6. The molecular weight excluding hydrogens is 596 g/mol. The third kappa shape index (κ3) is 8.83. The fraction of sp³-hybridized carbons (Fsp3) is 0.182. The Balaban J connectivity index is 1.36. The Morgan fingerprint density at radius 2 is 1.47 bits per heavy atom. The maximum atomic E-state index is 13.7. The zero-order chi connectivity index (χ0) is 32.2. The highest BCUT2D eigenvalue weighted by atomic mass is 32.2. The minimum atomic E-state index is -4.18. The fourth-order valence-corrected chi connectivity index (χ4v) is 5.69. The number of nitrogens with one attached hydrogen (secondary N) is 2. The number of ether oxygens (including phenoxy) is 3. The molecule has 0 radical (unpaired) electrons. The van der Waals surface area contributed by atoms with E-state index in [-0.39, 0.29) is 34.9 Å². The molecule has 12 heteroatoms. The number of methoxy groups -OCH3 is 2. The third-order valence-corrected chi connectivity index (χ3v) is 8.39. The number of amides is 2. The molecular formula is C33H34N4O7S. The van der Waals surface area contributed by atoms with Gasteiger partial charge in [0.2, 0.25) is 0 Å². The molecule has 4 aromatic carbocycles. The molecule has 4 aromatic rings. The van der Waals surface area contributed by atoms with Gasteiger partial charge in [0.25, 0.3) is 21.8 Å². The van der Waals surface area contributed by atoms with Crippen LogP contribution in [-0.2, 0) is 19.6 Å². The van der Waals surface area contributed by atoms with Gasteiger partial charge in [0.05, 0.1) is 37.1 Å². The number of hydrogen-bond acceptors (Lipinski definition) is 8. The van der Waals surface area contributed by atoms with Gasteiger partial charge < -0.3 is 19.5 Å². The van der Waals surface area contributed by atoms with Gasteiger partial charge in [-0.05, 0) is 78.7 Å². The Bertz CT molecular complexity index is 1710. The van der Waals surface area contributed by atoms with Crippen molar-refractivity contribution in [1.82, 2.24) is 10.7 Å². The Morgan fingerprint density at radius 3 is 2.13 bits per heavy atom. The summed E-state index contributed by atoms with van der Waals surface area (Å²) in [7, 11) is -1.28. The Morgan fingerprint density at radius 1 is 0.822 bits per heavy atom. The highest BCUT2D eigenvalue weighted by molar-refractivity contribution is 7.92. The van der Waals surface area contributed by atoms with Gasteiger partial charge in [-0.2, -0.15) is 5.10 Å². The monoisotopic (exact) mass is 630 g/mol. The van der Waals surface area contributed by atoms with Crippen LogP contribution in [-0.4, -0.2) is 53.8 Å². The summed E-state index contributed by atoms with van der Waals surface area (Å²) in [4.78, 5) is 25.2. The number of hydrogen-bond donors (Lipinski definition) is 2. The highest BCUT2D eigenvalue weighted by Gasteiger charge is 2.29. The van der Waals surface area contributed by atoms with E-state index in [0.29, 0.717) is 17.1 Å². The van der Waals surface area contributed by atoms with E-state index in [1.54, 1.807) is 48.5 Å². The maximum absolute atomic E-state index is 13.7. The summed E-state index contributed by atoms with van der Waals surface area (Å²) in [5.74, 6) is 0.315. The molecule has 1 atom stereocenters. The number of hydrazone groups is 1. The Hall–Kier alpha value is -5.36. The molecule has 234 valence electrons. The van der Waals surface area contributed by atoms with Gasteiger partial charge in [0, 0.05) is 0 Å². The number of para-hydroxylation sites is 2. The van der Waals surface area contributed by atoms with Crippen LogP contribution in [0.5, 0.6) is 17.2 Å². The predicted octanol–water partition coefficient (Wildman–Crippen LogP) is 4.31. The van der Waals surface area contributed by atoms with Crippen LogP contribution in [0, 0.1) is 0 Å². The molecule has 11 nitrogen and oxygen atoms in total. The van der Waals surface area contributed by atoms with Crippen molar-refractivity contribution in [3.8, 4) is 17.2 Å². The second kappa shape index (κ2) is 15.4. The molecule has 2 N–H and O–H groups in total. The third-order valence-electron chi connectivity index (χ3n) is 6.62. The van der Waals surface area contributed by atoms with Crippen molar-refractivity contribution in [2.24, 2.45) is 5.10 Å². The van der Waals surface area contributed by atoms with E-state index in [1.165, 1.54) is 44.7 Å². The van der Waals surface area contributed by atoms with Crippen LogP contribution in [0.3, 0.4) is 0 Å². The molecule has 0 aromatic heterocycles. The molecule has 0 spiro atoms. The lowest BCUT2D eigenvalue weighted by Crippen LogP contribution is -2.39. The molecule has 4 rings (SSSR count). The number of nitrogens with zero attached hydrogens (tertiary/aromatic N) is 2. The predicted molar refractivity (Wildman–Crippen MR) is 171 cm³/mol. The number of benzene rings is 4. The largest absolute Gasteiger partial charge is 0.497 e. The average molecular weight is 631 g/mol. The van der Waals surface area contributed by atoms with Crippen molar-refractivity contribution in [1.29, 1.82) is 0 Å². The van der Waals surface area contributed by atoms with Crippen LogP contribution in [0.25, 0.3) is 0 Å².